The van der Waals surface area contributed by atoms with E-state index >= 15 is 0 Å². The van der Waals surface area contributed by atoms with E-state index in [1.165, 1.54) is 70.2 Å². The molecule has 2 N–H and O–H groups in total. The zero-order valence-electron chi connectivity index (χ0n) is 47.8. The van der Waals surface area contributed by atoms with Crippen molar-refractivity contribution in [3.8, 4) is 0 Å². The molecule has 3 heteroatoms. The van der Waals surface area contributed by atoms with Crippen LogP contribution in [0.2, 0.25) is 0 Å². The van der Waals surface area contributed by atoms with Crippen molar-refractivity contribution in [2.24, 2.45) is 28.1 Å². The minimum absolute atomic E-state index is 0.221. The highest BCUT2D eigenvalue weighted by molar-refractivity contribution is 5.82. The zero-order valence-corrected chi connectivity index (χ0v) is 47.8. The van der Waals surface area contributed by atoms with Gasteiger partial charge in [0, 0.05) is 43.1 Å². The molecule has 3 aliphatic heterocycles. The normalized spacial score (nSPS) is 20.5. The van der Waals surface area contributed by atoms with Crippen molar-refractivity contribution < 1.29 is 0 Å². The molecule has 3 heterocycles. The van der Waals surface area contributed by atoms with E-state index in [4.69, 9.17) is 0 Å². The van der Waals surface area contributed by atoms with Crippen LogP contribution < -0.4 is 10.6 Å². The fourth-order valence-electron chi connectivity index (χ4n) is 12.7. The molecule has 5 unspecified atom stereocenters. The highest BCUT2D eigenvalue weighted by Gasteiger charge is 2.38. The lowest BCUT2D eigenvalue weighted by molar-refractivity contribution is 0.0760. The first-order valence-corrected chi connectivity index (χ1v) is 28.9. The molecule has 0 spiro atoms. The number of likely N-dealkylation sites (tertiary alicyclic amines) is 1. The summed E-state index contributed by atoms with van der Waals surface area (Å²) in [6.07, 6.45) is 7.24. The molecule has 5 atom stereocenters. The van der Waals surface area contributed by atoms with Crippen LogP contribution in [0.25, 0.3) is 5.57 Å². The molecule has 10 rings (SSSR count). The SMILES string of the molecule is CC(C)(C)C1CC(=C(c2ccccc2)c2ccccc2)CCN1Cc1ccccc1.CC(C)(C)C1CC(C(c2ccccc2)c2ccccc2)CCN1.CC(C)(C)C1CC(C(c2ccccc2)c2ccccc2)CCN1. The quantitative estimate of drug-likeness (QED) is 0.143. The first-order chi connectivity index (χ1) is 36.6. The Morgan fingerprint density at radius 2 is 0.763 bits per heavy atom. The molecule has 7 aromatic rings. The summed E-state index contributed by atoms with van der Waals surface area (Å²) in [5, 5.41) is 7.49. The lowest BCUT2D eigenvalue weighted by Crippen LogP contribution is -2.47. The van der Waals surface area contributed by atoms with Crippen molar-refractivity contribution in [3.05, 3.63) is 257 Å². The second kappa shape index (κ2) is 26.5. The number of hydrogen-bond donors (Lipinski definition) is 2. The lowest BCUT2D eigenvalue weighted by atomic mass is 9.70. The van der Waals surface area contributed by atoms with Gasteiger partial charge >= 0.3 is 0 Å². The molecule has 3 nitrogen and oxygen atoms in total. The van der Waals surface area contributed by atoms with Gasteiger partial charge in [-0.1, -0.05) is 280 Å². The Bertz CT molecular complexity index is 2540. The third-order valence-electron chi connectivity index (χ3n) is 16.8. The Morgan fingerprint density at radius 1 is 0.434 bits per heavy atom. The molecule has 0 bridgehead atoms. The van der Waals surface area contributed by atoms with Crippen LogP contribution in [0.4, 0.5) is 0 Å². The van der Waals surface area contributed by atoms with E-state index in [9.17, 15) is 0 Å². The number of benzene rings is 7. The molecule has 0 aliphatic carbocycles. The fourth-order valence-corrected chi connectivity index (χ4v) is 12.7. The van der Waals surface area contributed by atoms with Crippen LogP contribution >= 0.6 is 0 Å². The Labute approximate surface area is 460 Å². The van der Waals surface area contributed by atoms with Gasteiger partial charge in [0.2, 0.25) is 0 Å². The average molecular weight is 1010 g/mol. The number of piperidine rings is 3. The van der Waals surface area contributed by atoms with Gasteiger partial charge in [0.1, 0.15) is 0 Å². The van der Waals surface area contributed by atoms with Crippen LogP contribution in [0.1, 0.15) is 152 Å². The van der Waals surface area contributed by atoms with Gasteiger partial charge in [-0.25, -0.2) is 0 Å². The lowest BCUT2D eigenvalue weighted by Gasteiger charge is -2.45. The topological polar surface area (TPSA) is 27.3 Å². The van der Waals surface area contributed by atoms with E-state index in [0.717, 1.165) is 39.0 Å². The molecule has 0 radical (unpaired) electrons. The monoisotopic (exact) mass is 1010 g/mol. The molecule has 7 aromatic carbocycles. The molecule has 76 heavy (non-hydrogen) atoms. The minimum Gasteiger partial charge on any atom is -0.313 e. The summed E-state index contributed by atoms with van der Waals surface area (Å²) in [6.45, 7) is 25.7. The number of rotatable bonds is 10. The van der Waals surface area contributed by atoms with Gasteiger partial charge in [0.15, 0.2) is 0 Å². The van der Waals surface area contributed by atoms with Gasteiger partial charge in [-0.15, -0.1) is 0 Å². The molecule has 3 saturated heterocycles. The molecular formula is C73H91N3. The number of nitrogens with zero attached hydrogens (tertiary/aromatic N) is 1. The summed E-state index contributed by atoms with van der Waals surface area (Å²) in [5.41, 5.74) is 13.8. The van der Waals surface area contributed by atoms with Crippen LogP contribution in [0.15, 0.2) is 218 Å². The summed E-state index contributed by atoms with van der Waals surface area (Å²) in [5.74, 6) is 2.41. The third-order valence-corrected chi connectivity index (χ3v) is 16.8. The predicted octanol–water partition coefficient (Wildman–Crippen LogP) is 17.7. The minimum atomic E-state index is 0.221. The van der Waals surface area contributed by atoms with Crippen molar-refractivity contribution in [1.82, 2.24) is 15.5 Å². The Morgan fingerprint density at radius 3 is 1.09 bits per heavy atom. The molecule has 3 aliphatic rings. The van der Waals surface area contributed by atoms with Gasteiger partial charge in [-0.3, -0.25) is 4.90 Å². The summed E-state index contributed by atoms with van der Waals surface area (Å²) in [4.78, 5) is 2.70. The first-order valence-electron chi connectivity index (χ1n) is 28.9. The van der Waals surface area contributed by atoms with Crippen LogP contribution in [0.5, 0.6) is 0 Å². The third kappa shape index (κ3) is 15.4. The Hall–Kier alpha value is -5.84. The van der Waals surface area contributed by atoms with E-state index in [1.807, 2.05) is 0 Å². The standard InChI is InChI=1S/C29H33N.2C22H29N/c1-29(2,3)27-21-26(19-20-30(27)22-23-13-7-4-8-14-23)28(24-15-9-5-10-16-24)25-17-11-6-12-18-25;2*1-22(2,3)20-16-19(14-15-23-20)21(17-10-6-4-7-11-17)18-12-8-5-9-13-18/h4-18,27H,19-22H2,1-3H3;2*4-13,19-21,23H,14-16H2,1-3H3. The van der Waals surface area contributed by atoms with E-state index in [1.54, 1.807) is 5.57 Å². The summed E-state index contributed by atoms with van der Waals surface area (Å²) in [7, 11) is 0. The molecule has 3 fully saturated rings. The number of nitrogens with one attached hydrogen (secondary N) is 2. The summed E-state index contributed by atoms with van der Waals surface area (Å²) >= 11 is 0. The van der Waals surface area contributed by atoms with Crippen LogP contribution in [0, 0.1) is 28.1 Å². The van der Waals surface area contributed by atoms with Gasteiger partial charge in [0.25, 0.3) is 0 Å². The van der Waals surface area contributed by atoms with Crippen molar-refractivity contribution in [2.45, 2.75) is 137 Å². The largest absolute Gasteiger partial charge is 0.313 e. The predicted molar refractivity (Wildman–Crippen MR) is 326 cm³/mol. The van der Waals surface area contributed by atoms with Crippen LogP contribution in [-0.2, 0) is 6.54 Å². The van der Waals surface area contributed by atoms with Crippen LogP contribution in [0.3, 0.4) is 0 Å². The Balaban J connectivity index is 0.000000153. The molecule has 0 aromatic heterocycles. The van der Waals surface area contributed by atoms with E-state index in [2.05, 4.69) is 290 Å². The maximum atomic E-state index is 3.75. The fraction of sp³-hybridized carbons (Fsp3) is 0.397. The highest BCUT2D eigenvalue weighted by atomic mass is 15.2. The summed E-state index contributed by atoms with van der Waals surface area (Å²) < 4.78 is 0. The molecule has 0 saturated carbocycles. The average Bonchev–Trinajstić information content (AvgIpc) is 3.44. The van der Waals surface area contributed by atoms with Crippen molar-refractivity contribution in [1.29, 1.82) is 0 Å². The molecular weight excluding hydrogens is 919 g/mol. The van der Waals surface area contributed by atoms with E-state index in [0.29, 0.717) is 52.6 Å². The Kier molecular flexibility index (Phi) is 19.6. The maximum Gasteiger partial charge on any atom is 0.0237 e. The number of hydrogen-bond acceptors (Lipinski definition) is 3. The van der Waals surface area contributed by atoms with Gasteiger partial charge in [0.05, 0.1) is 0 Å². The second-order valence-electron chi connectivity index (χ2n) is 25.4. The first kappa shape index (κ1) is 56.4. The highest BCUT2D eigenvalue weighted by Crippen LogP contribution is 2.43. The van der Waals surface area contributed by atoms with E-state index in [-0.39, 0.29) is 5.41 Å². The van der Waals surface area contributed by atoms with Crippen molar-refractivity contribution in [3.63, 3.8) is 0 Å². The van der Waals surface area contributed by atoms with E-state index < -0.39 is 0 Å². The van der Waals surface area contributed by atoms with Crippen LogP contribution in [-0.4, -0.2) is 42.7 Å². The second-order valence-corrected chi connectivity index (χ2v) is 25.4. The van der Waals surface area contributed by atoms with Crippen molar-refractivity contribution >= 4 is 5.57 Å². The molecule has 0 amide bonds. The summed E-state index contributed by atoms with van der Waals surface area (Å²) in [6, 6.07) is 78.8. The van der Waals surface area contributed by atoms with Gasteiger partial charge in [-0.05, 0) is 124 Å². The van der Waals surface area contributed by atoms with Crippen molar-refractivity contribution in [2.75, 3.05) is 19.6 Å². The zero-order chi connectivity index (χ0) is 53.5. The maximum absolute atomic E-state index is 3.75. The van der Waals surface area contributed by atoms with Gasteiger partial charge in [-0.2, -0.15) is 0 Å². The smallest absolute Gasteiger partial charge is 0.0237 e. The molecule has 398 valence electrons. The van der Waals surface area contributed by atoms with Gasteiger partial charge < -0.3 is 10.6 Å².